The largest absolute Gasteiger partial charge is 0.339 e. The lowest BCUT2D eigenvalue weighted by Crippen LogP contribution is -2.36. The first-order chi connectivity index (χ1) is 15.3. The molecule has 1 saturated heterocycles. The Bertz CT molecular complexity index is 1220. The number of carbonyl (C=O) groups is 1. The highest BCUT2D eigenvalue weighted by Gasteiger charge is 2.25. The molecule has 0 atom stereocenters. The van der Waals surface area contributed by atoms with Gasteiger partial charge in [0.05, 0.1) is 23.0 Å². The van der Waals surface area contributed by atoms with Crippen molar-refractivity contribution in [3.8, 4) is 0 Å². The Labute approximate surface area is 226 Å². The molecule has 2 aromatic carbocycles. The van der Waals surface area contributed by atoms with Gasteiger partial charge in [-0.2, -0.15) is 8.75 Å². The fourth-order valence-electron chi connectivity index (χ4n) is 3.61. The number of anilines is 1. The number of hydrogen-bond donors (Lipinski definition) is 1. The van der Waals surface area contributed by atoms with Crippen LogP contribution in [0.15, 0.2) is 46.2 Å². The Morgan fingerprint density at radius 2 is 1.75 bits per heavy atom. The van der Waals surface area contributed by atoms with E-state index in [1.165, 1.54) is 6.07 Å². The number of likely N-dealkylation sites (tertiary alicyclic amines) is 1. The van der Waals surface area contributed by atoms with Gasteiger partial charge in [-0.05, 0) is 55.5 Å². The van der Waals surface area contributed by atoms with E-state index in [4.69, 9.17) is 0 Å². The van der Waals surface area contributed by atoms with Gasteiger partial charge in [0.15, 0.2) is 0 Å². The molecule has 1 fully saturated rings. The van der Waals surface area contributed by atoms with E-state index >= 15 is 0 Å². The van der Waals surface area contributed by atoms with Crippen molar-refractivity contribution in [1.29, 1.82) is 0 Å². The van der Waals surface area contributed by atoms with E-state index in [1.54, 1.807) is 36.0 Å². The SMILES string of the molecule is C.C.C.C.CC(C)CSc1ccc(C(=O)N2CCCCC2)c(NS(=O)(=O)c2cccc3nsnc23)c1. The number of carbonyl (C=O) groups excluding carboxylic acids is 1. The van der Waals surface area contributed by atoms with Crippen molar-refractivity contribution >= 4 is 56.1 Å². The molecule has 1 aromatic heterocycles. The van der Waals surface area contributed by atoms with Crippen molar-refractivity contribution in [3.05, 3.63) is 42.0 Å². The van der Waals surface area contributed by atoms with Gasteiger partial charge in [0.1, 0.15) is 15.9 Å². The van der Waals surface area contributed by atoms with E-state index in [0.717, 1.165) is 41.6 Å². The van der Waals surface area contributed by atoms with Crippen LogP contribution in [0.2, 0.25) is 0 Å². The van der Waals surface area contributed by atoms with Gasteiger partial charge in [-0.1, -0.05) is 49.6 Å². The third-order valence-electron chi connectivity index (χ3n) is 5.23. The third kappa shape index (κ3) is 7.66. The van der Waals surface area contributed by atoms with Crippen molar-refractivity contribution in [3.63, 3.8) is 0 Å². The summed E-state index contributed by atoms with van der Waals surface area (Å²) in [7, 11) is -3.97. The quantitative estimate of drug-likeness (QED) is 0.306. The predicted molar refractivity (Wildman–Crippen MR) is 157 cm³/mol. The van der Waals surface area contributed by atoms with Crippen LogP contribution in [0.25, 0.3) is 11.0 Å². The highest BCUT2D eigenvalue weighted by Crippen LogP contribution is 2.31. The fourth-order valence-corrected chi connectivity index (χ4v) is 6.34. The lowest BCUT2D eigenvalue weighted by atomic mass is 10.1. The molecule has 4 rings (SSSR count). The topological polar surface area (TPSA) is 92.3 Å². The molecule has 0 bridgehead atoms. The minimum absolute atomic E-state index is 0. The smallest absolute Gasteiger partial charge is 0.264 e. The van der Waals surface area contributed by atoms with Gasteiger partial charge < -0.3 is 4.90 Å². The van der Waals surface area contributed by atoms with Crippen LogP contribution in [0.4, 0.5) is 5.69 Å². The number of benzene rings is 2. The lowest BCUT2D eigenvalue weighted by Gasteiger charge is -2.27. The number of thioether (sulfide) groups is 1. The number of nitrogens with one attached hydrogen (secondary N) is 1. The lowest BCUT2D eigenvalue weighted by molar-refractivity contribution is 0.0725. The van der Waals surface area contributed by atoms with Gasteiger partial charge in [-0.15, -0.1) is 11.8 Å². The van der Waals surface area contributed by atoms with Gasteiger partial charge >= 0.3 is 0 Å². The number of piperidine rings is 1. The molecule has 202 valence electrons. The van der Waals surface area contributed by atoms with Crippen LogP contribution in [-0.4, -0.2) is 46.8 Å². The van der Waals surface area contributed by atoms with Crippen molar-refractivity contribution < 1.29 is 13.2 Å². The second-order valence-corrected chi connectivity index (χ2v) is 11.5. The fraction of sp³-hybridized carbons (Fsp3) is 0.500. The molecule has 0 unspecified atom stereocenters. The normalized spacial score (nSPS) is 13.1. The Morgan fingerprint density at radius 3 is 2.42 bits per heavy atom. The first-order valence-corrected chi connectivity index (χ1v) is 13.9. The van der Waals surface area contributed by atoms with Crippen LogP contribution in [0, 0.1) is 5.92 Å². The number of nitrogens with zero attached hydrogens (tertiary/aromatic N) is 3. The second kappa shape index (κ2) is 14.5. The monoisotopic (exact) mass is 554 g/mol. The zero-order valence-electron chi connectivity index (χ0n) is 18.1. The number of aromatic nitrogens is 2. The minimum Gasteiger partial charge on any atom is -0.339 e. The molecule has 3 aromatic rings. The van der Waals surface area contributed by atoms with Gasteiger partial charge in [0.25, 0.3) is 15.9 Å². The zero-order chi connectivity index (χ0) is 22.7. The minimum atomic E-state index is -3.97. The molecule has 1 N–H and O–H groups in total. The highest BCUT2D eigenvalue weighted by atomic mass is 32.2. The Balaban J connectivity index is 0.00000306. The summed E-state index contributed by atoms with van der Waals surface area (Å²) in [5.41, 5.74) is 1.53. The predicted octanol–water partition coefficient (Wildman–Crippen LogP) is 7.41. The molecule has 1 aliphatic heterocycles. The maximum atomic E-state index is 13.3. The van der Waals surface area contributed by atoms with Crippen LogP contribution in [0.3, 0.4) is 0 Å². The summed E-state index contributed by atoms with van der Waals surface area (Å²) >= 11 is 2.62. The summed E-state index contributed by atoms with van der Waals surface area (Å²) in [5, 5.41) is 0. The number of hydrogen-bond acceptors (Lipinski definition) is 7. The maximum Gasteiger partial charge on any atom is 0.264 e. The van der Waals surface area contributed by atoms with Crippen molar-refractivity contribution in [2.24, 2.45) is 5.92 Å². The van der Waals surface area contributed by atoms with E-state index in [-0.39, 0.29) is 40.5 Å². The first kappa shape index (κ1) is 33.8. The zero-order valence-corrected chi connectivity index (χ0v) is 20.5. The molecular formula is C26H42N4O3S3. The summed E-state index contributed by atoms with van der Waals surface area (Å²) in [4.78, 5) is 16.0. The second-order valence-electron chi connectivity index (χ2n) is 8.26. The maximum absolute atomic E-state index is 13.3. The molecule has 7 nitrogen and oxygen atoms in total. The van der Waals surface area contributed by atoms with E-state index in [2.05, 4.69) is 27.3 Å². The van der Waals surface area contributed by atoms with Crippen molar-refractivity contribution in [2.45, 2.75) is 72.6 Å². The van der Waals surface area contributed by atoms with E-state index in [1.807, 2.05) is 11.0 Å². The molecule has 10 heteroatoms. The molecular weight excluding hydrogens is 513 g/mol. The number of amides is 1. The van der Waals surface area contributed by atoms with Gasteiger partial charge in [0.2, 0.25) is 0 Å². The van der Waals surface area contributed by atoms with Crippen molar-refractivity contribution in [2.75, 3.05) is 23.6 Å². The van der Waals surface area contributed by atoms with Crippen LogP contribution in [-0.2, 0) is 10.0 Å². The van der Waals surface area contributed by atoms with Crippen LogP contribution < -0.4 is 4.72 Å². The van der Waals surface area contributed by atoms with Gasteiger partial charge in [0, 0.05) is 23.7 Å². The summed E-state index contributed by atoms with van der Waals surface area (Å²) < 4.78 is 37.6. The molecule has 36 heavy (non-hydrogen) atoms. The summed E-state index contributed by atoms with van der Waals surface area (Å²) in [6, 6.07) is 10.3. The number of rotatable bonds is 7. The van der Waals surface area contributed by atoms with Crippen LogP contribution in [0.5, 0.6) is 0 Å². The molecule has 0 saturated carbocycles. The Morgan fingerprint density at radius 1 is 1.06 bits per heavy atom. The molecule has 1 amide bonds. The average molecular weight is 555 g/mol. The van der Waals surface area contributed by atoms with E-state index in [9.17, 15) is 13.2 Å². The average Bonchev–Trinajstić information content (AvgIpc) is 3.26. The molecule has 1 aliphatic rings. The van der Waals surface area contributed by atoms with E-state index < -0.39 is 10.0 Å². The molecule has 0 spiro atoms. The molecule has 0 aliphatic carbocycles. The summed E-state index contributed by atoms with van der Waals surface area (Å²) in [6.45, 7) is 5.65. The van der Waals surface area contributed by atoms with Gasteiger partial charge in [-0.25, -0.2) is 8.42 Å². The van der Waals surface area contributed by atoms with Crippen LogP contribution in [0.1, 0.15) is 73.2 Å². The van der Waals surface area contributed by atoms with Crippen LogP contribution >= 0.6 is 23.5 Å². The number of sulfonamides is 1. The number of fused-ring (bicyclic) bond motifs is 1. The third-order valence-corrected chi connectivity index (χ3v) is 8.59. The standard InChI is InChI=1S/C22H26N4O3S3.4CH4/c1-15(2)14-30-16-9-10-17(22(27)26-11-4-3-5-12-26)19(13-16)25-32(28,29)20-8-6-7-18-21(20)24-31-23-18;;;;/h6-10,13,15,25H,3-5,11-12,14H2,1-2H3;4*1H4. The summed E-state index contributed by atoms with van der Waals surface area (Å²) in [5.74, 6) is 1.25. The molecule has 0 radical (unpaired) electrons. The Hall–Kier alpha value is -2.17. The Kier molecular flexibility index (Phi) is 13.7. The van der Waals surface area contributed by atoms with Crippen molar-refractivity contribution in [1.82, 2.24) is 13.6 Å². The van der Waals surface area contributed by atoms with Gasteiger partial charge in [-0.3, -0.25) is 9.52 Å². The molecule has 2 heterocycles. The van der Waals surface area contributed by atoms with E-state index in [0.29, 0.717) is 41.3 Å². The first-order valence-electron chi connectivity index (χ1n) is 10.7. The highest BCUT2D eigenvalue weighted by molar-refractivity contribution is 7.99. The summed E-state index contributed by atoms with van der Waals surface area (Å²) in [6.07, 6.45) is 3.04.